The maximum atomic E-state index is 5.47. The van der Waals surface area contributed by atoms with Crippen LogP contribution in [0.25, 0.3) is 0 Å². The molecular weight excluding hydrogens is 296 g/mol. The van der Waals surface area contributed by atoms with E-state index < -0.39 is 0 Å². The van der Waals surface area contributed by atoms with Crippen LogP contribution in [0.1, 0.15) is 11.1 Å². The second kappa shape index (κ2) is 9.68. The molecule has 2 aromatic rings. The molecule has 0 aliphatic carbocycles. The molecule has 0 aliphatic heterocycles. The molecule has 2 nitrogen and oxygen atoms in total. The van der Waals surface area contributed by atoms with Crippen molar-refractivity contribution in [2.24, 2.45) is 0 Å². The average molecular weight is 314 g/mol. The van der Waals surface area contributed by atoms with Crippen molar-refractivity contribution >= 4 is 0 Å². The Hall–Kier alpha value is -3.28. The number of hydrogen-bond acceptors (Lipinski definition) is 2. The molecule has 0 aliphatic rings. The van der Waals surface area contributed by atoms with Crippen molar-refractivity contribution in [3.05, 3.63) is 59.7 Å². The number of hydrogen-bond donors (Lipinski definition) is 0. The van der Waals surface area contributed by atoms with Crippen molar-refractivity contribution < 1.29 is 9.47 Å². The highest BCUT2D eigenvalue weighted by Gasteiger charge is 1.90. The van der Waals surface area contributed by atoms with Crippen LogP contribution < -0.4 is 9.47 Å². The molecule has 0 saturated heterocycles. The molecule has 118 valence electrons. The van der Waals surface area contributed by atoms with Gasteiger partial charge in [-0.05, 0) is 73.6 Å². The molecule has 2 rings (SSSR count). The Morgan fingerprint density at radius 2 is 0.958 bits per heavy atom. The number of rotatable bonds is 4. The second-order valence-electron chi connectivity index (χ2n) is 5.06. The van der Waals surface area contributed by atoms with Crippen LogP contribution in [0.2, 0.25) is 0 Å². The SMILES string of the molecule is Cc1ccc(OCC#CC#CC#CCOc2ccc(C)cc2)cc1. The van der Waals surface area contributed by atoms with Crippen molar-refractivity contribution in [2.45, 2.75) is 13.8 Å². The first kappa shape index (κ1) is 17.1. The highest BCUT2D eigenvalue weighted by molar-refractivity contribution is 5.36. The standard InChI is InChI=1S/C22H18O2/c1-19-9-13-21(14-10-19)23-17-7-5-3-4-6-8-18-24-22-15-11-20(2)12-16-22/h9-16H,17-18H2,1-2H3. The summed E-state index contributed by atoms with van der Waals surface area (Å²) >= 11 is 0. The van der Waals surface area contributed by atoms with Gasteiger partial charge in [0.2, 0.25) is 0 Å². The van der Waals surface area contributed by atoms with Gasteiger partial charge in [-0.2, -0.15) is 0 Å². The van der Waals surface area contributed by atoms with E-state index in [4.69, 9.17) is 9.47 Å². The zero-order valence-corrected chi connectivity index (χ0v) is 13.8. The molecule has 0 N–H and O–H groups in total. The first-order chi connectivity index (χ1) is 11.7. The van der Waals surface area contributed by atoms with Gasteiger partial charge in [-0.1, -0.05) is 35.4 Å². The molecule has 0 saturated carbocycles. The fourth-order valence-corrected chi connectivity index (χ4v) is 1.73. The van der Waals surface area contributed by atoms with E-state index >= 15 is 0 Å². The summed E-state index contributed by atoms with van der Waals surface area (Å²) in [5.41, 5.74) is 2.40. The molecule has 0 aromatic heterocycles. The molecule has 0 radical (unpaired) electrons. The van der Waals surface area contributed by atoms with E-state index in [2.05, 4.69) is 35.5 Å². The van der Waals surface area contributed by atoms with Crippen LogP contribution in [0.15, 0.2) is 48.5 Å². The van der Waals surface area contributed by atoms with Crippen molar-refractivity contribution in [3.8, 4) is 47.0 Å². The predicted octanol–water partition coefficient (Wildman–Crippen LogP) is 3.77. The summed E-state index contributed by atoms with van der Waals surface area (Å²) < 4.78 is 10.9. The van der Waals surface area contributed by atoms with Crippen LogP contribution >= 0.6 is 0 Å². The average Bonchev–Trinajstić information content (AvgIpc) is 2.60. The largest absolute Gasteiger partial charge is 0.481 e. The first-order valence-electron chi connectivity index (χ1n) is 7.59. The minimum Gasteiger partial charge on any atom is -0.481 e. The lowest BCUT2D eigenvalue weighted by molar-refractivity contribution is 0.370. The monoisotopic (exact) mass is 314 g/mol. The summed E-state index contributed by atoms with van der Waals surface area (Å²) in [5, 5.41) is 0. The second-order valence-corrected chi connectivity index (χ2v) is 5.06. The molecule has 0 heterocycles. The van der Waals surface area contributed by atoms with Gasteiger partial charge in [-0.3, -0.25) is 0 Å². The van der Waals surface area contributed by atoms with Crippen molar-refractivity contribution in [3.63, 3.8) is 0 Å². The summed E-state index contributed by atoms with van der Waals surface area (Å²) in [6.45, 7) is 4.68. The number of benzene rings is 2. The van der Waals surface area contributed by atoms with Crippen molar-refractivity contribution in [1.82, 2.24) is 0 Å². The van der Waals surface area contributed by atoms with Crippen LogP contribution in [0.5, 0.6) is 11.5 Å². The molecule has 2 aromatic carbocycles. The van der Waals surface area contributed by atoms with Gasteiger partial charge in [0.25, 0.3) is 0 Å². The Balaban J connectivity index is 1.67. The van der Waals surface area contributed by atoms with Crippen molar-refractivity contribution in [2.75, 3.05) is 13.2 Å². The van der Waals surface area contributed by atoms with E-state index in [1.54, 1.807) is 0 Å². The summed E-state index contributed by atoms with van der Waals surface area (Å²) in [5.74, 6) is 18.0. The van der Waals surface area contributed by atoms with Gasteiger partial charge in [-0.15, -0.1) is 0 Å². The highest BCUT2D eigenvalue weighted by atomic mass is 16.5. The van der Waals surface area contributed by atoms with Gasteiger partial charge in [0, 0.05) is 0 Å². The molecule has 0 spiro atoms. The molecule has 24 heavy (non-hydrogen) atoms. The van der Waals surface area contributed by atoms with Crippen LogP contribution in [0, 0.1) is 49.4 Å². The minimum absolute atomic E-state index is 0.307. The van der Waals surface area contributed by atoms with E-state index in [0.717, 1.165) is 11.5 Å². The molecule has 0 amide bonds. The quantitative estimate of drug-likeness (QED) is 0.800. The summed E-state index contributed by atoms with van der Waals surface area (Å²) in [6.07, 6.45) is 0. The van der Waals surface area contributed by atoms with Crippen LogP contribution in [-0.4, -0.2) is 13.2 Å². The Morgan fingerprint density at radius 3 is 1.33 bits per heavy atom. The molecule has 2 heteroatoms. The topological polar surface area (TPSA) is 18.5 Å². The fourth-order valence-electron chi connectivity index (χ4n) is 1.73. The van der Waals surface area contributed by atoms with Gasteiger partial charge in [0.15, 0.2) is 0 Å². The van der Waals surface area contributed by atoms with Crippen LogP contribution in [0.4, 0.5) is 0 Å². The minimum atomic E-state index is 0.307. The summed E-state index contributed by atoms with van der Waals surface area (Å²) in [7, 11) is 0. The van der Waals surface area contributed by atoms with E-state index in [1.807, 2.05) is 62.4 Å². The van der Waals surface area contributed by atoms with Crippen LogP contribution in [-0.2, 0) is 0 Å². The zero-order chi connectivity index (χ0) is 17.0. The lowest BCUT2D eigenvalue weighted by atomic mass is 10.2. The Kier molecular flexibility index (Phi) is 6.89. The van der Waals surface area contributed by atoms with E-state index in [0.29, 0.717) is 13.2 Å². The fraction of sp³-hybridized carbons (Fsp3) is 0.182. The van der Waals surface area contributed by atoms with Gasteiger partial charge in [0.1, 0.15) is 24.7 Å². The highest BCUT2D eigenvalue weighted by Crippen LogP contribution is 2.11. The third kappa shape index (κ3) is 6.65. The summed E-state index contributed by atoms with van der Waals surface area (Å²) in [6, 6.07) is 15.7. The maximum absolute atomic E-state index is 5.47. The van der Waals surface area contributed by atoms with E-state index in [1.165, 1.54) is 11.1 Å². The van der Waals surface area contributed by atoms with Gasteiger partial charge < -0.3 is 9.47 Å². The number of aryl methyl sites for hydroxylation is 2. The van der Waals surface area contributed by atoms with Crippen LogP contribution in [0.3, 0.4) is 0 Å². The van der Waals surface area contributed by atoms with Gasteiger partial charge in [-0.25, -0.2) is 0 Å². The maximum Gasteiger partial charge on any atom is 0.150 e. The normalized spacial score (nSPS) is 8.58. The predicted molar refractivity (Wildman–Crippen MR) is 96.7 cm³/mol. The third-order valence-corrected chi connectivity index (χ3v) is 3.03. The van der Waals surface area contributed by atoms with Crippen molar-refractivity contribution in [1.29, 1.82) is 0 Å². The van der Waals surface area contributed by atoms with Gasteiger partial charge >= 0.3 is 0 Å². The Morgan fingerprint density at radius 1 is 0.583 bits per heavy atom. The number of ether oxygens (including phenoxy) is 2. The Bertz CT molecular complexity index is 756. The zero-order valence-electron chi connectivity index (χ0n) is 13.8. The van der Waals surface area contributed by atoms with Gasteiger partial charge in [0.05, 0.1) is 0 Å². The Labute approximate surface area is 143 Å². The molecular formula is C22H18O2. The lowest BCUT2D eigenvalue weighted by Gasteiger charge is -2.00. The molecule has 0 fully saturated rings. The first-order valence-corrected chi connectivity index (χ1v) is 7.59. The third-order valence-electron chi connectivity index (χ3n) is 3.03. The summed E-state index contributed by atoms with van der Waals surface area (Å²) in [4.78, 5) is 0. The van der Waals surface area contributed by atoms with E-state index in [9.17, 15) is 0 Å². The molecule has 0 bridgehead atoms. The lowest BCUT2D eigenvalue weighted by Crippen LogP contribution is -1.93. The molecule has 0 atom stereocenters. The van der Waals surface area contributed by atoms with E-state index in [-0.39, 0.29) is 0 Å². The molecule has 0 unspecified atom stereocenters. The smallest absolute Gasteiger partial charge is 0.150 e.